The van der Waals surface area contributed by atoms with Gasteiger partial charge in [-0.1, -0.05) is 59.4 Å². The molecule has 0 unspecified atom stereocenters. The largest absolute Gasteiger partial charge is 0.416 e. The van der Waals surface area contributed by atoms with Crippen LogP contribution in [0.25, 0.3) is 20.1 Å². The van der Waals surface area contributed by atoms with Crippen molar-refractivity contribution in [3.8, 4) is 9.88 Å². The molecule has 36 heavy (non-hydrogen) atoms. The molecule has 0 aliphatic heterocycles. The zero-order valence-electron chi connectivity index (χ0n) is 19.4. The summed E-state index contributed by atoms with van der Waals surface area (Å²) >= 11 is 3.30. The lowest BCUT2D eigenvalue weighted by molar-refractivity contribution is -0.137. The third-order valence-electron chi connectivity index (χ3n) is 5.16. The molecule has 0 saturated carbocycles. The van der Waals surface area contributed by atoms with Crippen molar-refractivity contribution in [3.63, 3.8) is 0 Å². The molecular formula is C26H24F3N5S2. The molecule has 5 aromatic rings. The monoisotopic (exact) mass is 527 g/mol. The van der Waals surface area contributed by atoms with Crippen molar-refractivity contribution in [2.75, 3.05) is 18.0 Å². The number of aromatic nitrogens is 3. The van der Waals surface area contributed by atoms with E-state index in [0.29, 0.717) is 6.54 Å². The predicted molar refractivity (Wildman–Crippen MR) is 141 cm³/mol. The fourth-order valence-electron chi connectivity index (χ4n) is 3.34. The average molecular weight is 528 g/mol. The van der Waals surface area contributed by atoms with E-state index in [1.807, 2.05) is 24.5 Å². The second-order valence-corrected chi connectivity index (χ2v) is 9.97. The topological polar surface area (TPSA) is 67.9 Å². The Morgan fingerprint density at radius 3 is 2.36 bits per heavy atom. The summed E-state index contributed by atoms with van der Waals surface area (Å²) in [6, 6.07) is 17.4. The Morgan fingerprint density at radius 1 is 0.944 bits per heavy atom. The first-order valence-corrected chi connectivity index (χ1v) is 12.8. The number of hydrogen-bond donors (Lipinski definition) is 1. The second kappa shape index (κ2) is 11.6. The standard InChI is InChI=1S/C18H17N5S2.C8H7F3/c19-7-9-23(12-13-4-2-1-3-5-13)18-21-11-16(25-18)17-22-14-6-8-20-10-15(14)24-17;1-6-2-4-7(5-3-6)8(9,10)11/h1-6,8,10-11H,7,9,12,19H2;2-5H,1H3. The van der Waals surface area contributed by atoms with Crippen molar-refractivity contribution in [2.45, 2.75) is 19.6 Å². The van der Waals surface area contributed by atoms with E-state index < -0.39 is 11.7 Å². The van der Waals surface area contributed by atoms with Gasteiger partial charge < -0.3 is 10.6 Å². The number of rotatable bonds is 6. The smallest absolute Gasteiger partial charge is 0.342 e. The number of thiazole rings is 2. The van der Waals surface area contributed by atoms with Gasteiger partial charge in [-0.05, 0) is 30.7 Å². The lowest BCUT2D eigenvalue weighted by Gasteiger charge is -2.21. The van der Waals surface area contributed by atoms with Gasteiger partial charge in [-0.2, -0.15) is 13.2 Å². The number of anilines is 1. The number of fused-ring (bicyclic) bond motifs is 1. The third kappa shape index (κ3) is 6.66. The van der Waals surface area contributed by atoms with Crippen molar-refractivity contribution in [2.24, 2.45) is 5.73 Å². The van der Waals surface area contributed by atoms with Crippen LogP contribution < -0.4 is 10.6 Å². The van der Waals surface area contributed by atoms with E-state index in [1.165, 1.54) is 17.7 Å². The summed E-state index contributed by atoms with van der Waals surface area (Å²) in [5.74, 6) is 0. The van der Waals surface area contributed by atoms with E-state index in [4.69, 9.17) is 10.7 Å². The minimum Gasteiger partial charge on any atom is -0.342 e. The minimum atomic E-state index is -4.21. The first-order chi connectivity index (χ1) is 17.3. The molecule has 3 heterocycles. The van der Waals surface area contributed by atoms with Crippen molar-refractivity contribution in [1.29, 1.82) is 0 Å². The third-order valence-corrected chi connectivity index (χ3v) is 7.39. The Hall–Kier alpha value is -3.34. The van der Waals surface area contributed by atoms with Crippen LogP contribution in [0.15, 0.2) is 79.3 Å². The van der Waals surface area contributed by atoms with Gasteiger partial charge in [0.2, 0.25) is 0 Å². The van der Waals surface area contributed by atoms with Crippen molar-refractivity contribution in [1.82, 2.24) is 15.0 Å². The quantitative estimate of drug-likeness (QED) is 0.263. The van der Waals surface area contributed by atoms with E-state index in [1.54, 1.807) is 35.8 Å². The Balaban J connectivity index is 0.000000233. The van der Waals surface area contributed by atoms with Gasteiger partial charge in [-0.15, -0.1) is 11.3 Å². The lowest BCUT2D eigenvalue weighted by atomic mass is 10.1. The normalized spacial score (nSPS) is 11.2. The molecule has 0 saturated heterocycles. The molecule has 0 fully saturated rings. The zero-order chi connectivity index (χ0) is 25.5. The summed E-state index contributed by atoms with van der Waals surface area (Å²) in [6.45, 7) is 3.91. The minimum absolute atomic E-state index is 0.592. The Labute approximate surface area is 215 Å². The molecule has 0 spiro atoms. The van der Waals surface area contributed by atoms with Crippen LogP contribution in [0.1, 0.15) is 16.7 Å². The fraction of sp³-hybridized carbons (Fsp3) is 0.192. The summed E-state index contributed by atoms with van der Waals surface area (Å²) in [5.41, 5.74) is 8.27. The summed E-state index contributed by atoms with van der Waals surface area (Å²) in [5, 5.41) is 1.96. The van der Waals surface area contributed by atoms with E-state index in [0.717, 1.165) is 56.0 Å². The number of nitrogens with two attached hydrogens (primary N) is 1. The van der Waals surface area contributed by atoms with Gasteiger partial charge in [0.05, 0.1) is 26.9 Å². The van der Waals surface area contributed by atoms with Crippen LogP contribution >= 0.6 is 22.7 Å². The molecule has 0 aliphatic carbocycles. The van der Waals surface area contributed by atoms with E-state index in [9.17, 15) is 13.2 Å². The van der Waals surface area contributed by atoms with Crippen molar-refractivity contribution < 1.29 is 13.2 Å². The number of hydrogen-bond acceptors (Lipinski definition) is 7. The maximum atomic E-state index is 11.9. The fourth-order valence-corrected chi connectivity index (χ4v) is 5.25. The molecule has 5 nitrogen and oxygen atoms in total. The van der Waals surface area contributed by atoms with Gasteiger partial charge in [0.1, 0.15) is 5.01 Å². The van der Waals surface area contributed by atoms with Gasteiger partial charge >= 0.3 is 6.18 Å². The average Bonchev–Trinajstić information content (AvgIpc) is 3.52. The molecule has 3 aromatic heterocycles. The van der Waals surface area contributed by atoms with Gasteiger partial charge in [0, 0.05) is 32.0 Å². The first kappa shape index (κ1) is 25.7. The summed E-state index contributed by atoms with van der Waals surface area (Å²) in [4.78, 5) is 16.8. The SMILES string of the molecule is Cc1ccc(C(F)(F)F)cc1.NCCN(Cc1ccccc1)c1ncc(-c2nc3ccncc3s2)s1. The Morgan fingerprint density at radius 2 is 1.69 bits per heavy atom. The predicted octanol–water partition coefficient (Wildman–Crippen LogP) is 6.79. The molecular weight excluding hydrogens is 503 g/mol. The molecule has 186 valence electrons. The van der Waals surface area contributed by atoms with Gasteiger partial charge in [0.15, 0.2) is 5.13 Å². The highest BCUT2D eigenvalue weighted by Gasteiger charge is 2.29. The van der Waals surface area contributed by atoms with Gasteiger partial charge in [-0.25, -0.2) is 9.97 Å². The molecule has 0 radical (unpaired) electrons. The van der Waals surface area contributed by atoms with Crippen LogP contribution in [0.3, 0.4) is 0 Å². The number of alkyl halides is 3. The highest BCUT2D eigenvalue weighted by atomic mass is 32.1. The number of nitrogens with zero attached hydrogens (tertiary/aromatic N) is 4. The Bertz CT molecular complexity index is 1350. The molecule has 2 aromatic carbocycles. The number of pyridine rings is 1. The summed E-state index contributed by atoms with van der Waals surface area (Å²) in [7, 11) is 0. The number of halogens is 3. The van der Waals surface area contributed by atoms with Crippen LogP contribution in [-0.4, -0.2) is 28.0 Å². The lowest BCUT2D eigenvalue weighted by Crippen LogP contribution is -2.28. The summed E-state index contributed by atoms with van der Waals surface area (Å²) in [6.07, 6.45) is 1.31. The van der Waals surface area contributed by atoms with E-state index >= 15 is 0 Å². The molecule has 0 aliphatic rings. The molecule has 0 amide bonds. The molecule has 0 bridgehead atoms. The van der Waals surface area contributed by atoms with Crippen molar-refractivity contribution >= 4 is 38.0 Å². The van der Waals surface area contributed by atoms with Crippen LogP contribution in [-0.2, 0) is 12.7 Å². The first-order valence-electron chi connectivity index (χ1n) is 11.1. The van der Waals surface area contributed by atoms with Gasteiger partial charge in [0.25, 0.3) is 0 Å². The number of benzene rings is 2. The molecule has 0 atom stereocenters. The van der Waals surface area contributed by atoms with E-state index in [2.05, 4.69) is 39.1 Å². The molecule has 5 rings (SSSR count). The van der Waals surface area contributed by atoms with Crippen LogP contribution in [0.4, 0.5) is 18.3 Å². The molecule has 10 heteroatoms. The highest BCUT2D eigenvalue weighted by molar-refractivity contribution is 7.26. The second-order valence-electron chi connectivity index (χ2n) is 7.93. The van der Waals surface area contributed by atoms with E-state index in [-0.39, 0.29) is 0 Å². The van der Waals surface area contributed by atoms with Crippen LogP contribution in [0.5, 0.6) is 0 Å². The van der Waals surface area contributed by atoms with Crippen LogP contribution in [0.2, 0.25) is 0 Å². The maximum absolute atomic E-state index is 11.9. The maximum Gasteiger partial charge on any atom is 0.416 e. The molecule has 2 N–H and O–H groups in total. The van der Waals surface area contributed by atoms with Gasteiger partial charge in [-0.3, -0.25) is 4.98 Å². The summed E-state index contributed by atoms with van der Waals surface area (Å²) < 4.78 is 36.9. The zero-order valence-corrected chi connectivity index (χ0v) is 21.1. The highest BCUT2D eigenvalue weighted by Crippen LogP contribution is 2.36. The Kier molecular flexibility index (Phi) is 8.29. The number of aryl methyl sites for hydroxylation is 1. The van der Waals surface area contributed by atoms with Crippen LogP contribution in [0, 0.1) is 6.92 Å². The van der Waals surface area contributed by atoms with Crippen molar-refractivity contribution in [3.05, 3.63) is 95.9 Å².